The first-order chi connectivity index (χ1) is 19.8. The van der Waals surface area contributed by atoms with E-state index in [1.54, 1.807) is 6.92 Å². The van der Waals surface area contributed by atoms with Gasteiger partial charge in [0.05, 0.1) is 12.2 Å². The highest BCUT2D eigenvalue weighted by atomic mass is 35.5. The molecular formula is C34H49ClO7. The molecular weight excluding hydrogens is 556 g/mol. The zero-order valence-electron chi connectivity index (χ0n) is 25.5. The Bertz CT molecular complexity index is 1130. The van der Waals surface area contributed by atoms with Crippen molar-refractivity contribution in [3.05, 3.63) is 35.9 Å². The van der Waals surface area contributed by atoms with Gasteiger partial charge in [-0.15, -0.1) is 0 Å². The minimum atomic E-state index is -1.60. The van der Waals surface area contributed by atoms with Gasteiger partial charge in [0.1, 0.15) is 6.61 Å². The van der Waals surface area contributed by atoms with Gasteiger partial charge in [-0.25, -0.2) is 4.79 Å². The van der Waals surface area contributed by atoms with Crippen molar-refractivity contribution in [1.29, 1.82) is 0 Å². The molecule has 3 N–H and O–H groups in total. The van der Waals surface area contributed by atoms with Crippen molar-refractivity contribution in [2.75, 3.05) is 0 Å². The fraction of sp³-hybridized carbons (Fsp3) is 0.765. The summed E-state index contributed by atoms with van der Waals surface area (Å²) in [5, 5.41) is 34.8. The zero-order chi connectivity index (χ0) is 30.4. The second-order valence-electron chi connectivity index (χ2n) is 14.4. The number of hydrogen-bond donors (Lipinski definition) is 3. The average Bonchev–Trinajstić information content (AvgIpc) is 3.30. The Kier molecular flexibility index (Phi) is 9.09. The second kappa shape index (κ2) is 12.0. The van der Waals surface area contributed by atoms with E-state index in [4.69, 9.17) is 21.1 Å². The van der Waals surface area contributed by atoms with E-state index in [0.717, 1.165) is 18.4 Å². The van der Waals surface area contributed by atoms with Crippen LogP contribution in [0.25, 0.3) is 0 Å². The van der Waals surface area contributed by atoms with Crippen LogP contribution >= 0.6 is 11.6 Å². The summed E-state index contributed by atoms with van der Waals surface area (Å²) in [7, 11) is 0. The highest BCUT2D eigenvalue weighted by Crippen LogP contribution is 2.69. The smallest absolute Gasteiger partial charge is 0.339 e. The molecule has 0 aliphatic heterocycles. The molecule has 12 atom stereocenters. The van der Waals surface area contributed by atoms with Crippen molar-refractivity contribution in [2.24, 2.45) is 46.3 Å². The maximum atomic E-state index is 12.7. The number of hydrogen-bond acceptors (Lipinski definition) is 7. The van der Waals surface area contributed by atoms with Gasteiger partial charge in [0, 0.05) is 6.42 Å². The van der Waals surface area contributed by atoms with Crippen LogP contribution in [0, 0.1) is 46.3 Å². The summed E-state index contributed by atoms with van der Waals surface area (Å²) >= 11 is 5.88. The van der Waals surface area contributed by atoms with Crippen LogP contribution in [0.1, 0.15) is 91.0 Å². The summed E-state index contributed by atoms with van der Waals surface area (Å²) in [5.41, 5.74) is -1.98. The Hall–Kier alpha value is -1.67. The molecule has 0 heterocycles. The molecule has 4 aliphatic rings. The lowest BCUT2D eigenvalue weighted by Gasteiger charge is -2.64. The van der Waals surface area contributed by atoms with Gasteiger partial charge in [0.15, 0.2) is 11.2 Å². The summed E-state index contributed by atoms with van der Waals surface area (Å²) in [4.78, 5) is 25.3. The third-order valence-corrected chi connectivity index (χ3v) is 12.4. The van der Waals surface area contributed by atoms with Crippen LogP contribution in [0.5, 0.6) is 0 Å². The largest absolute Gasteiger partial charge is 0.461 e. The molecule has 234 valence electrons. The summed E-state index contributed by atoms with van der Waals surface area (Å²) < 4.78 is 10.7. The van der Waals surface area contributed by atoms with Gasteiger partial charge in [-0.05, 0) is 110 Å². The number of fused-ring (bicyclic) bond motifs is 5. The van der Waals surface area contributed by atoms with Gasteiger partial charge >= 0.3 is 11.9 Å². The van der Waals surface area contributed by atoms with E-state index in [-0.39, 0.29) is 65.3 Å². The molecule has 1 aromatic rings. The molecule has 0 radical (unpaired) electrons. The standard InChI is InChI=1S/C34H49ClO7/c1-20(10-13-29(38)41-19-22-8-6-5-7-9-22)24-11-12-25-30-26(17-28(37)33(24,25)4)32(3)14-15-34(40,31(39)42-21(2)35)18-23(32)16-27(30)36/h5-9,20-21,23-28,30,36-37,40H,10-19H2,1-4H3/t20-,21?,23-,24-,25+,26+,27-,28+,30+,32+,33-,34-/m1/s1. The predicted molar refractivity (Wildman–Crippen MR) is 159 cm³/mol. The Morgan fingerprint density at radius 2 is 1.76 bits per heavy atom. The molecule has 1 aromatic carbocycles. The molecule has 0 amide bonds. The number of carbonyl (C=O) groups is 2. The molecule has 0 saturated heterocycles. The highest BCUT2D eigenvalue weighted by molar-refractivity contribution is 6.20. The Labute approximate surface area is 255 Å². The van der Waals surface area contributed by atoms with E-state index in [1.807, 2.05) is 30.3 Å². The van der Waals surface area contributed by atoms with Crippen LogP contribution in [-0.2, 0) is 25.7 Å². The van der Waals surface area contributed by atoms with Crippen LogP contribution in [0.2, 0.25) is 0 Å². The van der Waals surface area contributed by atoms with Crippen LogP contribution in [-0.4, -0.2) is 50.6 Å². The number of halogens is 1. The maximum Gasteiger partial charge on any atom is 0.339 e. The van der Waals surface area contributed by atoms with Crippen LogP contribution in [0.15, 0.2) is 30.3 Å². The topological polar surface area (TPSA) is 113 Å². The lowest BCUT2D eigenvalue weighted by molar-refractivity contribution is -0.220. The van der Waals surface area contributed by atoms with Gasteiger partial charge in [-0.3, -0.25) is 4.79 Å². The summed E-state index contributed by atoms with van der Waals surface area (Å²) in [6.45, 7) is 8.48. The molecule has 7 nitrogen and oxygen atoms in total. The lowest BCUT2D eigenvalue weighted by Crippen LogP contribution is -2.64. The van der Waals surface area contributed by atoms with Gasteiger partial charge < -0.3 is 24.8 Å². The molecule has 42 heavy (non-hydrogen) atoms. The van der Waals surface area contributed by atoms with Crippen molar-refractivity contribution in [1.82, 2.24) is 0 Å². The minimum Gasteiger partial charge on any atom is -0.461 e. The third kappa shape index (κ3) is 5.64. The number of carbonyl (C=O) groups excluding carboxylic acids is 2. The molecule has 4 aliphatic carbocycles. The van der Waals surface area contributed by atoms with Crippen molar-refractivity contribution < 1.29 is 34.4 Å². The van der Waals surface area contributed by atoms with E-state index >= 15 is 0 Å². The number of alkyl halides is 1. The molecule has 4 saturated carbocycles. The molecule has 0 aromatic heterocycles. The van der Waals surface area contributed by atoms with E-state index < -0.39 is 29.3 Å². The Morgan fingerprint density at radius 3 is 2.45 bits per heavy atom. The summed E-state index contributed by atoms with van der Waals surface area (Å²) in [5.74, 6) is -0.0990. The monoisotopic (exact) mass is 604 g/mol. The van der Waals surface area contributed by atoms with E-state index in [0.29, 0.717) is 38.5 Å². The van der Waals surface area contributed by atoms with Crippen LogP contribution < -0.4 is 0 Å². The molecule has 0 spiro atoms. The van der Waals surface area contributed by atoms with Crippen molar-refractivity contribution in [3.8, 4) is 0 Å². The molecule has 8 heteroatoms. The Balaban J connectivity index is 1.25. The van der Waals surface area contributed by atoms with E-state index in [9.17, 15) is 24.9 Å². The number of aliphatic hydroxyl groups excluding tert-OH is 2. The first kappa shape index (κ1) is 31.7. The number of rotatable bonds is 8. The number of ether oxygens (including phenoxy) is 2. The fourth-order valence-corrected chi connectivity index (χ4v) is 10.0. The first-order valence-corrected chi connectivity index (χ1v) is 16.4. The van der Waals surface area contributed by atoms with Crippen molar-refractivity contribution in [3.63, 3.8) is 0 Å². The maximum absolute atomic E-state index is 12.7. The molecule has 1 unspecified atom stereocenters. The number of benzene rings is 1. The van der Waals surface area contributed by atoms with Gasteiger partial charge in [-0.2, -0.15) is 0 Å². The SMILES string of the molecule is CC(Cl)OC(=O)[C@@]1(O)CC[C@@]2(C)[C@H](C[C@@H](O)[C@@H]3[C@@H]2C[C@H](O)[C@]2(C)[C@@H]([C@H](C)CCC(=O)OCc4ccccc4)CC[C@@H]32)C1. The van der Waals surface area contributed by atoms with E-state index in [2.05, 4.69) is 20.8 Å². The Morgan fingerprint density at radius 1 is 1.05 bits per heavy atom. The van der Waals surface area contributed by atoms with Crippen molar-refractivity contribution in [2.45, 2.75) is 115 Å². The highest BCUT2D eigenvalue weighted by Gasteiger charge is 2.67. The lowest BCUT2D eigenvalue weighted by atomic mass is 9.42. The van der Waals surface area contributed by atoms with Gasteiger partial charge in [-0.1, -0.05) is 62.7 Å². The summed E-state index contributed by atoms with van der Waals surface area (Å²) in [6.07, 6.45) is 4.19. The fourth-order valence-electron chi connectivity index (χ4n) is 9.94. The number of esters is 2. The second-order valence-corrected chi connectivity index (χ2v) is 15.1. The normalized spacial score (nSPS) is 42.4. The average molecular weight is 605 g/mol. The molecule has 5 rings (SSSR count). The molecule has 4 fully saturated rings. The van der Waals surface area contributed by atoms with Gasteiger partial charge in [0.25, 0.3) is 0 Å². The zero-order valence-corrected chi connectivity index (χ0v) is 26.3. The number of aliphatic hydroxyl groups is 3. The van der Waals surface area contributed by atoms with Crippen LogP contribution in [0.3, 0.4) is 0 Å². The minimum absolute atomic E-state index is 0.0553. The van der Waals surface area contributed by atoms with Gasteiger partial charge in [0.2, 0.25) is 0 Å². The van der Waals surface area contributed by atoms with E-state index in [1.165, 1.54) is 0 Å². The molecule has 0 bridgehead atoms. The third-order valence-electron chi connectivity index (χ3n) is 12.3. The first-order valence-electron chi connectivity index (χ1n) is 15.9. The van der Waals surface area contributed by atoms with Crippen molar-refractivity contribution >= 4 is 23.5 Å². The van der Waals surface area contributed by atoms with Crippen LogP contribution in [0.4, 0.5) is 0 Å². The quantitative estimate of drug-likeness (QED) is 0.261. The summed E-state index contributed by atoms with van der Waals surface area (Å²) in [6, 6.07) is 9.68. The predicted octanol–water partition coefficient (Wildman–Crippen LogP) is 5.61.